The molecule has 1 unspecified atom stereocenters. The smallest absolute Gasteiger partial charge is 0.258 e. The number of amides is 1. The largest absolute Gasteiger partial charge is 0.493 e. The van der Waals surface area contributed by atoms with Crippen molar-refractivity contribution in [2.24, 2.45) is 4.99 Å². The van der Waals surface area contributed by atoms with Crippen molar-refractivity contribution in [1.82, 2.24) is 5.32 Å². The van der Waals surface area contributed by atoms with Crippen LogP contribution in [0.3, 0.4) is 0 Å². The zero-order valence-electron chi connectivity index (χ0n) is 17.7. The Labute approximate surface area is 190 Å². The van der Waals surface area contributed by atoms with Gasteiger partial charge >= 0.3 is 0 Å². The summed E-state index contributed by atoms with van der Waals surface area (Å²) in [6.45, 7) is 1.19. The lowest BCUT2D eigenvalue weighted by molar-refractivity contribution is 0.0974. The summed E-state index contributed by atoms with van der Waals surface area (Å²) >= 11 is 3.45. The highest BCUT2D eigenvalue weighted by atomic mass is 79.9. The minimum atomic E-state index is -0.368. The van der Waals surface area contributed by atoms with Crippen molar-refractivity contribution in [3.8, 4) is 17.2 Å². The van der Waals surface area contributed by atoms with Crippen molar-refractivity contribution in [3.05, 3.63) is 46.4 Å². The maximum absolute atomic E-state index is 13.0. The monoisotopic (exact) mass is 491 g/mol. The molecule has 9 heteroatoms. The zero-order valence-corrected chi connectivity index (χ0v) is 19.3. The molecule has 2 N–H and O–H groups in total. The summed E-state index contributed by atoms with van der Waals surface area (Å²) < 4.78 is 22.6. The molecule has 1 aliphatic rings. The molecule has 3 rings (SSSR count). The number of guanidine groups is 1. The van der Waals surface area contributed by atoms with Gasteiger partial charge in [-0.1, -0.05) is 22.0 Å². The summed E-state index contributed by atoms with van der Waals surface area (Å²) in [7, 11) is 4.52. The Morgan fingerprint density at radius 3 is 2.48 bits per heavy atom. The number of hydrogen-bond acceptors (Lipinski definition) is 6. The van der Waals surface area contributed by atoms with Gasteiger partial charge in [-0.05, 0) is 43.2 Å². The van der Waals surface area contributed by atoms with Gasteiger partial charge in [-0.2, -0.15) is 0 Å². The molecule has 1 fully saturated rings. The normalized spacial score (nSPS) is 16.0. The Kier molecular flexibility index (Phi) is 8.13. The molecule has 0 radical (unpaired) electrons. The van der Waals surface area contributed by atoms with E-state index in [9.17, 15) is 4.79 Å². The van der Waals surface area contributed by atoms with Gasteiger partial charge in [-0.3, -0.25) is 10.1 Å². The fourth-order valence-electron chi connectivity index (χ4n) is 3.19. The van der Waals surface area contributed by atoms with Gasteiger partial charge in [0.1, 0.15) is 0 Å². The van der Waals surface area contributed by atoms with Crippen LogP contribution in [0.1, 0.15) is 23.2 Å². The molecule has 0 bridgehead atoms. The summed E-state index contributed by atoms with van der Waals surface area (Å²) in [5.41, 5.74) is 1.13. The average Bonchev–Trinajstić information content (AvgIpc) is 3.30. The van der Waals surface area contributed by atoms with Crippen LogP contribution in [0.25, 0.3) is 0 Å². The molecule has 31 heavy (non-hydrogen) atoms. The number of hydrogen-bond donors (Lipinski definition) is 2. The lowest BCUT2D eigenvalue weighted by atomic mass is 10.1. The van der Waals surface area contributed by atoms with Gasteiger partial charge in [0.2, 0.25) is 11.7 Å². The van der Waals surface area contributed by atoms with Crippen molar-refractivity contribution in [2.45, 2.75) is 18.9 Å². The number of aliphatic imine (C=N–C) groups is 1. The van der Waals surface area contributed by atoms with E-state index >= 15 is 0 Å². The Bertz CT molecular complexity index is 919. The number of carbonyl (C=O) groups is 1. The van der Waals surface area contributed by atoms with Crippen molar-refractivity contribution >= 4 is 33.5 Å². The molecule has 0 aromatic heterocycles. The molecular weight excluding hydrogens is 466 g/mol. The van der Waals surface area contributed by atoms with E-state index in [2.05, 4.69) is 31.6 Å². The van der Waals surface area contributed by atoms with Crippen LogP contribution >= 0.6 is 15.9 Å². The second-order valence-corrected chi connectivity index (χ2v) is 7.74. The molecule has 1 amide bonds. The van der Waals surface area contributed by atoms with E-state index in [0.717, 1.165) is 29.6 Å². The molecule has 0 spiro atoms. The van der Waals surface area contributed by atoms with E-state index in [1.807, 2.05) is 24.3 Å². The predicted octanol–water partition coefficient (Wildman–Crippen LogP) is 3.85. The Balaban J connectivity index is 1.83. The van der Waals surface area contributed by atoms with E-state index in [1.54, 1.807) is 12.1 Å². The lowest BCUT2D eigenvalue weighted by Crippen LogP contribution is -2.36. The number of halogens is 1. The summed E-state index contributed by atoms with van der Waals surface area (Å²) in [6, 6.07) is 10.8. The molecule has 0 aliphatic carbocycles. The predicted molar refractivity (Wildman–Crippen MR) is 123 cm³/mol. The average molecular weight is 492 g/mol. The quantitative estimate of drug-likeness (QED) is 0.451. The molecule has 0 saturated carbocycles. The van der Waals surface area contributed by atoms with Crippen LogP contribution in [0.5, 0.6) is 17.2 Å². The number of ether oxygens (including phenoxy) is 4. The van der Waals surface area contributed by atoms with Crippen molar-refractivity contribution in [2.75, 3.05) is 39.8 Å². The van der Waals surface area contributed by atoms with Gasteiger partial charge < -0.3 is 24.3 Å². The first-order valence-electron chi connectivity index (χ1n) is 9.84. The van der Waals surface area contributed by atoms with Gasteiger partial charge in [-0.15, -0.1) is 0 Å². The maximum atomic E-state index is 13.0. The standard InChI is InChI=1S/C22H26BrN3O5/c1-28-18-10-14(11-19(29-2)20(18)30-3)21(27)26-22(24-13-17-8-5-9-31-17)25-16-7-4-6-15(23)12-16/h4,6-7,10-12,17H,5,8-9,13H2,1-3H3,(H2,24,25,26,27). The number of nitrogens with zero attached hydrogens (tertiary/aromatic N) is 1. The topological polar surface area (TPSA) is 90.4 Å². The fourth-order valence-corrected chi connectivity index (χ4v) is 3.59. The SMILES string of the molecule is COc1cc(C(=O)NC(=NCC2CCCO2)Nc2cccc(Br)c2)cc(OC)c1OC. The third kappa shape index (κ3) is 6.11. The van der Waals surface area contributed by atoms with Gasteiger partial charge in [0.15, 0.2) is 11.5 Å². The van der Waals surface area contributed by atoms with E-state index in [0.29, 0.717) is 35.3 Å². The van der Waals surface area contributed by atoms with Crippen LogP contribution in [0.15, 0.2) is 45.9 Å². The molecule has 166 valence electrons. The maximum Gasteiger partial charge on any atom is 0.258 e. The number of rotatable bonds is 7. The highest BCUT2D eigenvalue weighted by Crippen LogP contribution is 2.38. The molecular formula is C22H26BrN3O5. The minimum Gasteiger partial charge on any atom is -0.493 e. The zero-order chi connectivity index (χ0) is 22.2. The fraction of sp³-hybridized carbons (Fsp3) is 0.364. The first-order valence-corrected chi connectivity index (χ1v) is 10.6. The van der Waals surface area contributed by atoms with Crippen molar-refractivity contribution in [1.29, 1.82) is 0 Å². The summed E-state index contributed by atoms with van der Waals surface area (Å²) in [4.78, 5) is 17.6. The second kappa shape index (κ2) is 11.0. The van der Waals surface area contributed by atoms with Gasteiger partial charge in [0.25, 0.3) is 5.91 Å². The third-order valence-corrected chi connectivity index (χ3v) is 5.22. The van der Waals surface area contributed by atoms with Crippen LogP contribution in [0.4, 0.5) is 5.69 Å². The van der Waals surface area contributed by atoms with E-state index in [-0.39, 0.29) is 12.0 Å². The molecule has 1 atom stereocenters. The number of carbonyl (C=O) groups excluding carboxylic acids is 1. The second-order valence-electron chi connectivity index (χ2n) is 6.83. The van der Waals surface area contributed by atoms with Crippen LogP contribution in [-0.4, -0.2) is 52.5 Å². The summed E-state index contributed by atoms with van der Waals surface area (Å²) in [5, 5.41) is 6.01. The number of methoxy groups -OCH3 is 3. The minimum absolute atomic E-state index is 0.0531. The summed E-state index contributed by atoms with van der Waals surface area (Å²) in [6.07, 6.45) is 2.03. The summed E-state index contributed by atoms with van der Waals surface area (Å²) in [5.74, 6) is 1.16. The first kappa shape index (κ1) is 22.9. The van der Waals surface area contributed by atoms with Crippen LogP contribution in [0.2, 0.25) is 0 Å². The van der Waals surface area contributed by atoms with E-state index in [1.165, 1.54) is 21.3 Å². The first-order chi connectivity index (χ1) is 15.0. The number of benzene rings is 2. The van der Waals surface area contributed by atoms with Crippen molar-refractivity contribution < 1.29 is 23.7 Å². The Hall–Kier alpha value is -2.78. The number of anilines is 1. The van der Waals surface area contributed by atoms with Gasteiger partial charge in [0.05, 0.1) is 34.0 Å². The highest BCUT2D eigenvalue weighted by molar-refractivity contribution is 9.10. The van der Waals surface area contributed by atoms with Gasteiger partial charge in [-0.25, -0.2) is 4.99 Å². The van der Waals surface area contributed by atoms with E-state index in [4.69, 9.17) is 18.9 Å². The molecule has 1 saturated heterocycles. The molecule has 2 aromatic carbocycles. The molecule has 1 heterocycles. The van der Waals surface area contributed by atoms with Crippen LogP contribution in [0, 0.1) is 0 Å². The highest BCUT2D eigenvalue weighted by Gasteiger charge is 2.19. The van der Waals surface area contributed by atoms with Crippen LogP contribution in [-0.2, 0) is 4.74 Å². The molecule has 8 nitrogen and oxygen atoms in total. The Morgan fingerprint density at radius 1 is 1.16 bits per heavy atom. The third-order valence-electron chi connectivity index (χ3n) is 4.72. The van der Waals surface area contributed by atoms with E-state index < -0.39 is 0 Å². The Morgan fingerprint density at radius 2 is 1.90 bits per heavy atom. The lowest BCUT2D eigenvalue weighted by Gasteiger charge is -2.16. The van der Waals surface area contributed by atoms with Gasteiger partial charge in [0, 0.05) is 22.3 Å². The van der Waals surface area contributed by atoms with Crippen LogP contribution < -0.4 is 24.8 Å². The number of nitrogens with one attached hydrogen (secondary N) is 2. The van der Waals surface area contributed by atoms with Crippen molar-refractivity contribution in [3.63, 3.8) is 0 Å². The molecule has 2 aromatic rings. The molecule has 1 aliphatic heterocycles.